The van der Waals surface area contributed by atoms with E-state index in [-0.39, 0.29) is 31.5 Å². The maximum atomic E-state index is 12.3. The van der Waals surface area contributed by atoms with E-state index in [1.54, 1.807) is 44.4 Å². The van der Waals surface area contributed by atoms with Crippen molar-refractivity contribution in [2.75, 3.05) is 20.3 Å². The average Bonchev–Trinajstić information content (AvgIpc) is 2.67. The van der Waals surface area contributed by atoms with Gasteiger partial charge in [-0.2, -0.15) is 0 Å². The largest absolute Gasteiger partial charge is 0.497 e. The van der Waals surface area contributed by atoms with Crippen molar-refractivity contribution < 1.29 is 23.8 Å². The van der Waals surface area contributed by atoms with Crippen LogP contribution < -0.4 is 14.8 Å². The van der Waals surface area contributed by atoms with E-state index in [4.69, 9.17) is 14.2 Å². The summed E-state index contributed by atoms with van der Waals surface area (Å²) in [5.41, 5.74) is 0.755. The number of hydrogen-bond acceptors (Lipinski definition) is 5. The molecule has 0 aliphatic rings. The molecule has 0 heterocycles. The lowest BCUT2D eigenvalue weighted by molar-refractivity contribution is -0.143. The highest BCUT2D eigenvalue weighted by atomic mass is 16.5. The van der Waals surface area contributed by atoms with Crippen LogP contribution in [0.4, 0.5) is 0 Å². The molecular weight excluding hydrogens is 334 g/mol. The normalized spacial score (nSPS) is 11.3. The molecular formula is C20H23NO5. The molecule has 2 aromatic carbocycles. The highest BCUT2D eigenvalue weighted by Gasteiger charge is 2.20. The van der Waals surface area contributed by atoms with Gasteiger partial charge in [-0.25, -0.2) is 0 Å². The van der Waals surface area contributed by atoms with Crippen molar-refractivity contribution in [2.24, 2.45) is 0 Å². The van der Waals surface area contributed by atoms with Crippen LogP contribution in [0.2, 0.25) is 0 Å². The quantitative estimate of drug-likeness (QED) is 0.699. The molecule has 26 heavy (non-hydrogen) atoms. The van der Waals surface area contributed by atoms with Crippen LogP contribution in [-0.2, 0) is 14.3 Å². The predicted octanol–water partition coefficient (Wildman–Crippen LogP) is 2.88. The number of hydrogen-bond donors (Lipinski definition) is 1. The third kappa shape index (κ3) is 6.12. The fourth-order valence-corrected chi connectivity index (χ4v) is 2.40. The van der Waals surface area contributed by atoms with Crippen molar-refractivity contribution in [3.05, 3.63) is 60.2 Å². The number of rotatable bonds is 9. The molecule has 2 aromatic rings. The van der Waals surface area contributed by atoms with Gasteiger partial charge in [0.15, 0.2) is 6.61 Å². The Labute approximate surface area is 153 Å². The van der Waals surface area contributed by atoms with Gasteiger partial charge in [0, 0.05) is 0 Å². The molecule has 6 nitrogen and oxygen atoms in total. The van der Waals surface area contributed by atoms with Crippen molar-refractivity contribution in [3.63, 3.8) is 0 Å². The van der Waals surface area contributed by atoms with E-state index in [0.717, 1.165) is 5.56 Å². The predicted molar refractivity (Wildman–Crippen MR) is 97.1 cm³/mol. The Bertz CT molecular complexity index is 717. The lowest BCUT2D eigenvalue weighted by Gasteiger charge is -2.19. The SMILES string of the molecule is CCOC(=O)CC(NC(=O)COc1ccccc1)c1cccc(OC)c1. The van der Waals surface area contributed by atoms with E-state index in [0.29, 0.717) is 11.5 Å². The smallest absolute Gasteiger partial charge is 0.308 e. The molecule has 1 unspecified atom stereocenters. The number of esters is 1. The van der Waals surface area contributed by atoms with Crippen LogP contribution >= 0.6 is 0 Å². The summed E-state index contributed by atoms with van der Waals surface area (Å²) in [5, 5.41) is 2.82. The molecule has 1 amide bonds. The minimum atomic E-state index is -0.531. The van der Waals surface area contributed by atoms with Crippen LogP contribution in [0.5, 0.6) is 11.5 Å². The summed E-state index contributed by atoms with van der Waals surface area (Å²) in [7, 11) is 1.56. The minimum absolute atomic E-state index is 0.0259. The minimum Gasteiger partial charge on any atom is -0.497 e. The first-order valence-electron chi connectivity index (χ1n) is 8.39. The van der Waals surface area contributed by atoms with Gasteiger partial charge >= 0.3 is 5.97 Å². The molecule has 0 fully saturated rings. The second-order valence-corrected chi connectivity index (χ2v) is 5.51. The van der Waals surface area contributed by atoms with Gasteiger partial charge in [0.05, 0.1) is 26.2 Å². The highest BCUT2D eigenvalue weighted by molar-refractivity contribution is 5.79. The Morgan fingerprint density at radius 1 is 1.04 bits per heavy atom. The first-order chi connectivity index (χ1) is 12.6. The molecule has 0 radical (unpaired) electrons. The Morgan fingerprint density at radius 2 is 1.77 bits per heavy atom. The van der Waals surface area contributed by atoms with Crippen LogP contribution in [0.15, 0.2) is 54.6 Å². The Hall–Kier alpha value is -3.02. The van der Waals surface area contributed by atoms with Crippen molar-refractivity contribution in [1.82, 2.24) is 5.32 Å². The summed E-state index contributed by atoms with van der Waals surface area (Å²) in [6.07, 6.45) is 0.0259. The Balaban J connectivity index is 2.04. The topological polar surface area (TPSA) is 73.9 Å². The molecule has 6 heteroatoms. The van der Waals surface area contributed by atoms with E-state index >= 15 is 0 Å². The fourth-order valence-electron chi connectivity index (χ4n) is 2.40. The van der Waals surface area contributed by atoms with Crippen LogP contribution in [0.3, 0.4) is 0 Å². The summed E-state index contributed by atoms with van der Waals surface area (Å²) < 4.78 is 15.7. The van der Waals surface area contributed by atoms with Crippen LogP contribution in [0.25, 0.3) is 0 Å². The number of para-hydroxylation sites is 1. The summed E-state index contributed by atoms with van der Waals surface area (Å²) in [6, 6.07) is 15.7. The van der Waals surface area contributed by atoms with Gasteiger partial charge in [0.2, 0.25) is 0 Å². The van der Waals surface area contributed by atoms with Gasteiger partial charge in [-0.15, -0.1) is 0 Å². The molecule has 0 saturated carbocycles. The van der Waals surface area contributed by atoms with Gasteiger partial charge in [0.25, 0.3) is 5.91 Å². The zero-order chi connectivity index (χ0) is 18.8. The van der Waals surface area contributed by atoms with Gasteiger partial charge < -0.3 is 19.5 Å². The van der Waals surface area contributed by atoms with Gasteiger partial charge in [-0.1, -0.05) is 30.3 Å². The molecule has 0 aliphatic heterocycles. The lowest BCUT2D eigenvalue weighted by Crippen LogP contribution is -2.34. The van der Waals surface area contributed by atoms with Crippen molar-refractivity contribution in [2.45, 2.75) is 19.4 Å². The van der Waals surface area contributed by atoms with E-state index in [1.807, 2.05) is 24.3 Å². The third-order valence-corrected chi connectivity index (χ3v) is 3.62. The molecule has 0 saturated heterocycles. The van der Waals surface area contributed by atoms with E-state index < -0.39 is 6.04 Å². The zero-order valence-corrected chi connectivity index (χ0v) is 14.9. The van der Waals surface area contributed by atoms with E-state index in [1.165, 1.54) is 0 Å². The fraction of sp³-hybridized carbons (Fsp3) is 0.300. The van der Waals surface area contributed by atoms with Crippen molar-refractivity contribution in [1.29, 1.82) is 0 Å². The number of carbonyl (C=O) groups is 2. The third-order valence-electron chi connectivity index (χ3n) is 3.62. The monoisotopic (exact) mass is 357 g/mol. The molecule has 0 spiro atoms. The number of methoxy groups -OCH3 is 1. The van der Waals surface area contributed by atoms with Gasteiger partial charge in [-0.3, -0.25) is 9.59 Å². The standard InChI is InChI=1S/C20H23NO5/c1-3-25-20(23)13-18(15-8-7-11-17(12-15)24-2)21-19(22)14-26-16-9-5-4-6-10-16/h4-12,18H,3,13-14H2,1-2H3,(H,21,22). The molecule has 138 valence electrons. The molecule has 1 atom stereocenters. The highest BCUT2D eigenvalue weighted by Crippen LogP contribution is 2.22. The number of nitrogens with one attached hydrogen (secondary N) is 1. The number of benzene rings is 2. The van der Waals surface area contributed by atoms with Crippen molar-refractivity contribution in [3.8, 4) is 11.5 Å². The van der Waals surface area contributed by atoms with E-state index in [2.05, 4.69) is 5.32 Å². The number of amides is 1. The summed E-state index contributed by atoms with van der Waals surface area (Å²) in [4.78, 5) is 24.2. The molecule has 0 aromatic heterocycles. The summed E-state index contributed by atoms with van der Waals surface area (Å²) in [6.45, 7) is 1.88. The molecule has 1 N–H and O–H groups in total. The Morgan fingerprint density at radius 3 is 2.46 bits per heavy atom. The molecule has 0 bridgehead atoms. The van der Waals surface area contributed by atoms with Crippen molar-refractivity contribution >= 4 is 11.9 Å². The molecule has 0 aliphatic carbocycles. The Kier molecular flexibility index (Phi) is 7.49. The zero-order valence-electron chi connectivity index (χ0n) is 14.9. The van der Waals surface area contributed by atoms with Crippen LogP contribution in [0.1, 0.15) is 24.9 Å². The van der Waals surface area contributed by atoms with Crippen LogP contribution in [0, 0.1) is 0 Å². The average molecular weight is 357 g/mol. The number of ether oxygens (including phenoxy) is 3. The number of carbonyl (C=O) groups excluding carboxylic acids is 2. The van der Waals surface area contributed by atoms with Gasteiger partial charge in [-0.05, 0) is 36.8 Å². The second kappa shape index (κ2) is 10.1. The molecule has 2 rings (SSSR count). The van der Waals surface area contributed by atoms with Gasteiger partial charge in [0.1, 0.15) is 11.5 Å². The summed E-state index contributed by atoms with van der Waals surface area (Å²) >= 11 is 0. The lowest BCUT2D eigenvalue weighted by atomic mass is 10.0. The first kappa shape index (κ1) is 19.3. The van der Waals surface area contributed by atoms with E-state index in [9.17, 15) is 9.59 Å². The summed E-state index contributed by atoms with van der Waals surface area (Å²) in [5.74, 6) is 0.535. The maximum absolute atomic E-state index is 12.3. The van der Waals surface area contributed by atoms with Crippen LogP contribution in [-0.4, -0.2) is 32.2 Å². The maximum Gasteiger partial charge on any atom is 0.308 e. The second-order valence-electron chi connectivity index (χ2n) is 5.51. The first-order valence-corrected chi connectivity index (χ1v) is 8.39.